The summed E-state index contributed by atoms with van der Waals surface area (Å²) in [5.74, 6) is 0. The highest BCUT2D eigenvalue weighted by atomic mass is 16.5. The summed E-state index contributed by atoms with van der Waals surface area (Å²) in [5, 5.41) is 10.2. The first-order valence-electron chi connectivity index (χ1n) is 6.48. The Labute approximate surface area is 105 Å². The molecule has 0 radical (unpaired) electrons. The maximum Gasteiger partial charge on any atom is 0.0909 e. The smallest absolute Gasteiger partial charge is 0.0909 e. The fourth-order valence-corrected chi connectivity index (χ4v) is 2.02. The lowest BCUT2D eigenvalue weighted by Crippen LogP contribution is -2.41. The molecule has 96 valence electrons. The van der Waals surface area contributed by atoms with E-state index in [0.717, 1.165) is 19.3 Å². The molecule has 2 nitrogen and oxygen atoms in total. The van der Waals surface area contributed by atoms with Crippen LogP contribution in [0.5, 0.6) is 0 Å². The summed E-state index contributed by atoms with van der Waals surface area (Å²) in [6.45, 7) is 6.66. The zero-order valence-electron chi connectivity index (χ0n) is 11.1. The minimum Gasteiger partial charge on any atom is -0.390 e. The molecule has 0 aromatic heterocycles. The predicted molar refractivity (Wildman–Crippen MR) is 71.1 cm³/mol. The van der Waals surface area contributed by atoms with Gasteiger partial charge >= 0.3 is 0 Å². The van der Waals surface area contributed by atoms with Crippen molar-refractivity contribution in [2.24, 2.45) is 0 Å². The van der Waals surface area contributed by atoms with E-state index in [1.807, 2.05) is 32.0 Å². The lowest BCUT2D eigenvalue weighted by molar-refractivity contribution is -0.112. The van der Waals surface area contributed by atoms with Crippen molar-refractivity contribution < 1.29 is 9.84 Å². The number of hydrogen-bond donors (Lipinski definition) is 1. The monoisotopic (exact) mass is 236 g/mol. The molecule has 17 heavy (non-hydrogen) atoms. The van der Waals surface area contributed by atoms with E-state index in [9.17, 15) is 5.11 Å². The highest BCUT2D eigenvalue weighted by Gasteiger charge is 2.31. The van der Waals surface area contributed by atoms with Crippen LogP contribution < -0.4 is 0 Å². The number of aliphatic hydroxyl groups is 1. The maximum atomic E-state index is 10.2. The Hall–Kier alpha value is -0.860. The summed E-state index contributed by atoms with van der Waals surface area (Å²) < 4.78 is 5.68. The van der Waals surface area contributed by atoms with Gasteiger partial charge in [0.1, 0.15) is 0 Å². The molecular formula is C15H24O2. The van der Waals surface area contributed by atoms with Crippen LogP contribution in [0.2, 0.25) is 0 Å². The number of aliphatic hydroxyl groups excluding tert-OH is 1. The lowest BCUT2D eigenvalue weighted by Gasteiger charge is -2.33. The van der Waals surface area contributed by atoms with E-state index in [1.165, 1.54) is 5.56 Å². The molecule has 0 saturated carbocycles. The van der Waals surface area contributed by atoms with Crippen molar-refractivity contribution in [3.8, 4) is 0 Å². The highest BCUT2D eigenvalue weighted by Crippen LogP contribution is 2.23. The Bertz CT molecular complexity index is 310. The molecular weight excluding hydrogens is 212 g/mol. The molecule has 0 saturated heterocycles. The average molecular weight is 236 g/mol. The van der Waals surface area contributed by atoms with E-state index in [1.54, 1.807) is 0 Å². The van der Waals surface area contributed by atoms with Crippen molar-refractivity contribution in [1.82, 2.24) is 0 Å². The zero-order valence-corrected chi connectivity index (χ0v) is 11.1. The molecule has 1 aromatic carbocycles. The second-order valence-electron chi connectivity index (χ2n) is 4.64. The number of hydrogen-bond acceptors (Lipinski definition) is 2. The zero-order chi connectivity index (χ0) is 12.7. The van der Waals surface area contributed by atoms with Gasteiger partial charge in [-0.05, 0) is 38.7 Å². The molecule has 2 heteroatoms. The highest BCUT2D eigenvalue weighted by molar-refractivity contribution is 5.14. The van der Waals surface area contributed by atoms with Crippen LogP contribution in [-0.4, -0.2) is 23.4 Å². The number of ether oxygens (including phenoxy) is 1. The van der Waals surface area contributed by atoms with Crippen molar-refractivity contribution in [3.05, 3.63) is 35.9 Å². The van der Waals surface area contributed by atoms with Crippen LogP contribution in [-0.2, 0) is 11.2 Å². The summed E-state index contributed by atoms with van der Waals surface area (Å²) in [4.78, 5) is 0. The van der Waals surface area contributed by atoms with Gasteiger partial charge in [0.2, 0.25) is 0 Å². The molecule has 0 heterocycles. The summed E-state index contributed by atoms with van der Waals surface area (Å²) >= 11 is 0. The summed E-state index contributed by atoms with van der Waals surface area (Å²) in [7, 11) is 0. The summed E-state index contributed by atoms with van der Waals surface area (Å²) in [6.07, 6.45) is 2.06. The van der Waals surface area contributed by atoms with Crippen LogP contribution in [0.15, 0.2) is 30.3 Å². The van der Waals surface area contributed by atoms with Gasteiger partial charge in [-0.25, -0.2) is 0 Å². The fourth-order valence-electron chi connectivity index (χ4n) is 2.02. The van der Waals surface area contributed by atoms with Crippen LogP contribution in [0.25, 0.3) is 0 Å². The molecule has 0 aliphatic rings. The van der Waals surface area contributed by atoms with Gasteiger partial charge in [0.05, 0.1) is 11.7 Å². The van der Waals surface area contributed by atoms with E-state index in [-0.39, 0.29) is 0 Å². The molecule has 0 aliphatic heterocycles. The second-order valence-corrected chi connectivity index (χ2v) is 4.64. The third kappa shape index (κ3) is 4.14. The Kier molecular flexibility index (Phi) is 5.66. The number of aryl methyl sites for hydroxylation is 1. The van der Waals surface area contributed by atoms with E-state index in [0.29, 0.717) is 6.61 Å². The quantitative estimate of drug-likeness (QED) is 0.788. The van der Waals surface area contributed by atoms with Crippen LogP contribution in [0, 0.1) is 0 Å². The van der Waals surface area contributed by atoms with Gasteiger partial charge in [0.15, 0.2) is 0 Å². The minimum absolute atomic E-state index is 0.410. The van der Waals surface area contributed by atoms with Crippen molar-refractivity contribution in [2.45, 2.75) is 51.7 Å². The standard InChI is InChI=1S/C15H24O2/c1-4-15(3,17-5-2)14(16)12-11-13-9-7-6-8-10-13/h6-10,14,16H,4-5,11-12H2,1-3H3. The molecule has 0 amide bonds. The third-order valence-electron chi connectivity index (χ3n) is 3.43. The maximum absolute atomic E-state index is 10.2. The molecule has 0 fully saturated rings. The topological polar surface area (TPSA) is 29.5 Å². The Balaban J connectivity index is 2.50. The molecule has 1 aromatic rings. The molecule has 2 atom stereocenters. The minimum atomic E-state index is -0.413. The number of benzene rings is 1. The van der Waals surface area contributed by atoms with Crippen LogP contribution in [0.1, 0.15) is 39.2 Å². The first-order chi connectivity index (χ1) is 8.12. The van der Waals surface area contributed by atoms with E-state index >= 15 is 0 Å². The average Bonchev–Trinajstić information content (AvgIpc) is 2.37. The Morgan fingerprint density at radius 3 is 2.41 bits per heavy atom. The fraction of sp³-hybridized carbons (Fsp3) is 0.600. The first kappa shape index (κ1) is 14.2. The normalized spacial score (nSPS) is 16.5. The summed E-state index contributed by atoms with van der Waals surface area (Å²) in [6, 6.07) is 10.3. The van der Waals surface area contributed by atoms with E-state index in [4.69, 9.17) is 4.74 Å². The Morgan fingerprint density at radius 2 is 1.88 bits per heavy atom. The predicted octanol–water partition coefficient (Wildman–Crippen LogP) is 3.19. The van der Waals surface area contributed by atoms with Gasteiger partial charge in [0, 0.05) is 6.61 Å². The SMILES string of the molecule is CCOC(C)(CC)C(O)CCc1ccccc1. The van der Waals surface area contributed by atoms with Gasteiger partial charge in [-0.15, -0.1) is 0 Å². The molecule has 0 bridgehead atoms. The Morgan fingerprint density at radius 1 is 1.24 bits per heavy atom. The van der Waals surface area contributed by atoms with Crippen molar-refractivity contribution in [3.63, 3.8) is 0 Å². The van der Waals surface area contributed by atoms with Gasteiger partial charge in [-0.3, -0.25) is 0 Å². The van der Waals surface area contributed by atoms with Crippen LogP contribution in [0.3, 0.4) is 0 Å². The van der Waals surface area contributed by atoms with E-state index in [2.05, 4.69) is 19.1 Å². The van der Waals surface area contributed by atoms with Crippen LogP contribution >= 0.6 is 0 Å². The second kappa shape index (κ2) is 6.77. The first-order valence-corrected chi connectivity index (χ1v) is 6.48. The van der Waals surface area contributed by atoms with E-state index < -0.39 is 11.7 Å². The lowest BCUT2D eigenvalue weighted by atomic mass is 9.91. The van der Waals surface area contributed by atoms with Crippen molar-refractivity contribution in [2.75, 3.05) is 6.61 Å². The molecule has 1 rings (SSSR count). The molecule has 0 aliphatic carbocycles. The van der Waals surface area contributed by atoms with Gasteiger partial charge in [0.25, 0.3) is 0 Å². The van der Waals surface area contributed by atoms with Crippen LogP contribution in [0.4, 0.5) is 0 Å². The van der Waals surface area contributed by atoms with Crippen molar-refractivity contribution >= 4 is 0 Å². The van der Waals surface area contributed by atoms with Gasteiger partial charge in [-0.1, -0.05) is 37.3 Å². The van der Waals surface area contributed by atoms with Gasteiger partial charge < -0.3 is 9.84 Å². The largest absolute Gasteiger partial charge is 0.390 e. The number of rotatable bonds is 7. The summed E-state index contributed by atoms with van der Waals surface area (Å²) in [5.41, 5.74) is 0.852. The van der Waals surface area contributed by atoms with Gasteiger partial charge in [-0.2, -0.15) is 0 Å². The third-order valence-corrected chi connectivity index (χ3v) is 3.43. The molecule has 0 spiro atoms. The molecule has 1 N–H and O–H groups in total. The molecule has 2 unspecified atom stereocenters. The van der Waals surface area contributed by atoms with Crippen molar-refractivity contribution in [1.29, 1.82) is 0 Å².